The van der Waals surface area contributed by atoms with E-state index in [-0.39, 0.29) is 10.8 Å². The lowest BCUT2D eigenvalue weighted by Gasteiger charge is -2.15. The van der Waals surface area contributed by atoms with Crippen LogP contribution >= 0.6 is 0 Å². The van der Waals surface area contributed by atoms with Gasteiger partial charge in [0.05, 0.1) is 27.8 Å². The summed E-state index contributed by atoms with van der Waals surface area (Å²) in [5.41, 5.74) is 3.73. The van der Waals surface area contributed by atoms with Crippen LogP contribution < -0.4 is 5.32 Å². The van der Waals surface area contributed by atoms with Crippen LogP contribution in [-0.2, 0) is 32.3 Å². The fourth-order valence-electron chi connectivity index (χ4n) is 4.16. The van der Waals surface area contributed by atoms with E-state index in [1.165, 1.54) is 28.6 Å². The zero-order chi connectivity index (χ0) is 23.2. The lowest BCUT2D eigenvalue weighted by atomic mass is 10.2. The van der Waals surface area contributed by atoms with Crippen LogP contribution in [0.5, 0.6) is 0 Å². The van der Waals surface area contributed by atoms with Crippen molar-refractivity contribution in [2.45, 2.75) is 36.2 Å². The second kappa shape index (κ2) is 8.51. The van der Waals surface area contributed by atoms with E-state index in [0.717, 1.165) is 35.3 Å². The Labute approximate surface area is 195 Å². The second-order valence-corrected chi connectivity index (χ2v) is 11.7. The molecule has 0 spiro atoms. The van der Waals surface area contributed by atoms with Crippen LogP contribution in [0.25, 0.3) is 5.69 Å². The van der Waals surface area contributed by atoms with Crippen molar-refractivity contribution in [1.82, 2.24) is 14.1 Å². The minimum Gasteiger partial charge on any atom is -0.306 e. The molecule has 1 amide bonds. The van der Waals surface area contributed by atoms with Crippen molar-refractivity contribution in [3.05, 3.63) is 70.9 Å². The summed E-state index contributed by atoms with van der Waals surface area (Å²) in [6.07, 6.45) is 1.73. The summed E-state index contributed by atoms with van der Waals surface area (Å²) in [7, 11) is -4.58. The molecule has 3 heterocycles. The fraction of sp³-hybridized carbons (Fsp3) is 0.304. The maximum absolute atomic E-state index is 13.1. The summed E-state index contributed by atoms with van der Waals surface area (Å²) >= 11 is 0. The SMILES string of the molecule is Cc1ccc(-n2nc3c(c2NC(=O)c2ccc(S(=O)(=O)N4CCCC4)cc2)C[S@](=O)C3)cc1. The largest absolute Gasteiger partial charge is 0.306 e. The number of nitrogens with zero attached hydrogens (tertiary/aromatic N) is 3. The molecule has 1 atom stereocenters. The van der Waals surface area contributed by atoms with Gasteiger partial charge in [-0.3, -0.25) is 9.00 Å². The van der Waals surface area contributed by atoms with Gasteiger partial charge in [-0.05, 0) is 56.2 Å². The number of anilines is 1. The van der Waals surface area contributed by atoms with E-state index >= 15 is 0 Å². The number of sulfonamides is 1. The van der Waals surface area contributed by atoms with Crippen molar-refractivity contribution in [3.8, 4) is 5.69 Å². The van der Waals surface area contributed by atoms with Crippen molar-refractivity contribution >= 4 is 32.5 Å². The highest BCUT2D eigenvalue weighted by Gasteiger charge is 2.29. The van der Waals surface area contributed by atoms with Crippen LogP contribution in [0.3, 0.4) is 0 Å². The van der Waals surface area contributed by atoms with Gasteiger partial charge in [-0.2, -0.15) is 9.40 Å². The topological polar surface area (TPSA) is 101 Å². The van der Waals surface area contributed by atoms with Crippen LogP contribution in [0.1, 0.15) is 40.0 Å². The van der Waals surface area contributed by atoms with Crippen LogP contribution in [0.2, 0.25) is 0 Å². The van der Waals surface area contributed by atoms with E-state index in [4.69, 9.17) is 0 Å². The Morgan fingerprint density at radius 3 is 2.33 bits per heavy atom. The number of aryl methyl sites for hydroxylation is 1. The summed E-state index contributed by atoms with van der Waals surface area (Å²) in [6.45, 7) is 3.05. The van der Waals surface area contributed by atoms with Crippen molar-refractivity contribution < 1.29 is 17.4 Å². The van der Waals surface area contributed by atoms with Crippen molar-refractivity contribution in [1.29, 1.82) is 0 Å². The summed E-state index contributed by atoms with van der Waals surface area (Å²) in [5, 5.41) is 7.52. The van der Waals surface area contributed by atoms with Crippen molar-refractivity contribution in [3.63, 3.8) is 0 Å². The molecule has 0 aliphatic carbocycles. The molecule has 0 bridgehead atoms. The lowest BCUT2D eigenvalue weighted by Crippen LogP contribution is -2.27. The monoisotopic (exact) mass is 484 g/mol. The molecule has 8 nitrogen and oxygen atoms in total. The predicted molar refractivity (Wildman–Crippen MR) is 126 cm³/mol. The van der Waals surface area contributed by atoms with Crippen LogP contribution in [0, 0.1) is 6.92 Å². The van der Waals surface area contributed by atoms with E-state index in [2.05, 4.69) is 10.4 Å². The summed E-state index contributed by atoms with van der Waals surface area (Å²) in [5.74, 6) is 0.816. The minimum atomic E-state index is -3.54. The van der Waals surface area contributed by atoms with Crippen molar-refractivity contribution in [2.24, 2.45) is 0 Å². The Morgan fingerprint density at radius 1 is 1.00 bits per heavy atom. The predicted octanol–water partition coefficient (Wildman–Crippen LogP) is 2.98. The van der Waals surface area contributed by atoms with E-state index in [1.807, 2.05) is 31.2 Å². The van der Waals surface area contributed by atoms with Gasteiger partial charge in [-0.25, -0.2) is 13.1 Å². The van der Waals surface area contributed by atoms with E-state index in [1.54, 1.807) is 4.68 Å². The molecule has 0 radical (unpaired) electrons. The molecule has 5 rings (SSSR count). The Balaban J connectivity index is 1.43. The number of amides is 1. The standard InChI is InChI=1S/C23H24N4O4S2/c1-16-4-8-18(9-5-16)27-22(20-14-32(29)15-21(20)25-27)24-23(28)17-6-10-19(11-7-17)33(30,31)26-12-2-3-13-26/h4-11H,2-3,12-15H2,1H3,(H,24,28)/t32-/m0/s1. The molecule has 3 aromatic rings. The third kappa shape index (κ3) is 4.14. The quantitative estimate of drug-likeness (QED) is 0.600. The van der Waals surface area contributed by atoms with Gasteiger partial charge in [0.2, 0.25) is 10.0 Å². The van der Waals surface area contributed by atoms with E-state index in [0.29, 0.717) is 36.0 Å². The van der Waals surface area contributed by atoms with Crippen molar-refractivity contribution in [2.75, 3.05) is 18.4 Å². The number of rotatable bonds is 5. The highest BCUT2D eigenvalue weighted by Crippen LogP contribution is 2.32. The highest BCUT2D eigenvalue weighted by molar-refractivity contribution is 7.89. The number of carbonyl (C=O) groups is 1. The number of aromatic nitrogens is 2. The molecule has 2 aromatic carbocycles. The van der Waals surface area contributed by atoms with Gasteiger partial charge in [0.15, 0.2) is 0 Å². The Hall–Kier alpha value is -2.82. The molecule has 0 unspecified atom stereocenters. The minimum absolute atomic E-state index is 0.182. The summed E-state index contributed by atoms with van der Waals surface area (Å²) in [4.78, 5) is 13.2. The number of nitrogens with one attached hydrogen (secondary N) is 1. The number of benzene rings is 2. The second-order valence-electron chi connectivity index (χ2n) is 8.34. The Bertz CT molecular complexity index is 1340. The highest BCUT2D eigenvalue weighted by atomic mass is 32.2. The van der Waals surface area contributed by atoms with Crippen LogP contribution in [0.4, 0.5) is 5.82 Å². The van der Waals surface area contributed by atoms with Gasteiger partial charge in [0.25, 0.3) is 5.91 Å². The first kappa shape index (κ1) is 22.0. The molecule has 10 heteroatoms. The molecule has 1 N–H and O–H groups in total. The summed E-state index contributed by atoms with van der Waals surface area (Å²) < 4.78 is 40.7. The van der Waals surface area contributed by atoms with E-state index < -0.39 is 20.8 Å². The molecule has 172 valence electrons. The van der Waals surface area contributed by atoms with Crippen LogP contribution in [0.15, 0.2) is 53.4 Å². The zero-order valence-corrected chi connectivity index (χ0v) is 19.8. The molecule has 33 heavy (non-hydrogen) atoms. The van der Waals surface area contributed by atoms with Gasteiger partial charge >= 0.3 is 0 Å². The average Bonchev–Trinajstić information content (AvgIpc) is 3.53. The number of carbonyl (C=O) groups excluding carboxylic acids is 1. The Morgan fingerprint density at radius 2 is 1.67 bits per heavy atom. The average molecular weight is 485 g/mol. The number of hydrogen-bond acceptors (Lipinski definition) is 5. The third-order valence-electron chi connectivity index (χ3n) is 6.00. The third-order valence-corrected chi connectivity index (χ3v) is 9.12. The number of fused-ring (bicyclic) bond motifs is 1. The molecule has 1 aromatic heterocycles. The molecular formula is C23H24N4O4S2. The zero-order valence-electron chi connectivity index (χ0n) is 18.2. The maximum Gasteiger partial charge on any atom is 0.256 e. The molecular weight excluding hydrogens is 460 g/mol. The number of hydrogen-bond donors (Lipinski definition) is 1. The first-order valence-corrected chi connectivity index (χ1v) is 13.7. The van der Waals surface area contributed by atoms with Gasteiger partial charge in [-0.15, -0.1) is 0 Å². The molecule has 1 saturated heterocycles. The summed E-state index contributed by atoms with van der Waals surface area (Å²) in [6, 6.07) is 13.7. The normalized spacial score (nSPS) is 18.4. The van der Waals surface area contributed by atoms with Crippen LogP contribution in [-0.4, -0.2) is 45.7 Å². The molecule has 2 aliphatic rings. The Kier molecular flexibility index (Phi) is 5.67. The van der Waals surface area contributed by atoms with Gasteiger partial charge in [0, 0.05) is 35.0 Å². The lowest BCUT2D eigenvalue weighted by molar-refractivity contribution is 0.102. The fourth-order valence-corrected chi connectivity index (χ4v) is 6.95. The molecule has 2 aliphatic heterocycles. The van der Waals surface area contributed by atoms with E-state index in [9.17, 15) is 17.4 Å². The van der Waals surface area contributed by atoms with Gasteiger partial charge in [0.1, 0.15) is 5.82 Å². The maximum atomic E-state index is 13.1. The van der Waals surface area contributed by atoms with Gasteiger partial charge < -0.3 is 5.32 Å². The molecule has 1 fully saturated rings. The first-order chi connectivity index (χ1) is 15.8. The van der Waals surface area contributed by atoms with Gasteiger partial charge in [-0.1, -0.05) is 17.7 Å². The molecule has 0 saturated carbocycles. The smallest absolute Gasteiger partial charge is 0.256 e. The first-order valence-electron chi connectivity index (χ1n) is 10.8.